The first-order chi connectivity index (χ1) is 9.72. The number of halogens is 1. The Morgan fingerprint density at radius 1 is 1.35 bits per heavy atom. The number of hydrogen-bond acceptors (Lipinski definition) is 3. The van der Waals surface area contributed by atoms with Gasteiger partial charge in [-0.2, -0.15) is 0 Å². The number of rotatable bonds is 6. The standard InChI is InChI=1S/C16H19ClN2O/c1-19(10-12-6-7-20-11-12)15-5-2-13(16(17)8-15)9-18-14-3-4-14/h2,5-8,11,14,18H,3-4,9-10H2,1H3. The van der Waals surface area contributed by atoms with Crippen LogP contribution >= 0.6 is 11.6 Å². The van der Waals surface area contributed by atoms with Crippen molar-refractivity contribution in [2.75, 3.05) is 11.9 Å². The highest BCUT2D eigenvalue weighted by atomic mass is 35.5. The summed E-state index contributed by atoms with van der Waals surface area (Å²) in [4.78, 5) is 2.16. The van der Waals surface area contributed by atoms with E-state index in [9.17, 15) is 0 Å². The summed E-state index contributed by atoms with van der Waals surface area (Å²) in [5.41, 5.74) is 3.44. The maximum Gasteiger partial charge on any atom is 0.0952 e. The molecule has 1 saturated carbocycles. The van der Waals surface area contributed by atoms with Gasteiger partial charge in [0.15, 0.2) is 0 Å². The quantitative estimate of drug-likeness (QED) is 0.877. The molecule has 0 spiro atoms. The second-order valence-electron chi connectivity index (χ2n) is 5.42. The van der Waals surface area contributed by atoms with Gasteiger partial charge in [-0.25, -0.2) is 0 Å². The first kappa shape index (κ1) is 13.5. The molecule has 0 atom stereocenters. The smallest absolute Gasteiger partial charge is 0.0952 e. The third kappa shape index (κ3) is 3.35. The van der Waals surface area contributed by atoms with E-state index in [1.807, 2.05) is 12.1 Å². The van der Waals surface area contributed by atoms with Crippen molar-refractivity contribution in [1.82, 2.24) is 5.32 Å². The fourth-order valence-electron chi connectivity index (χ4n) is 2.21. The van der Waals surface area contributed by atoms with Crippen LogP contribution < -0.4 is 10.2 Å². The van der Waals surface area contributed by atoms with Gasteiger partial charge in [-0.3, -0.25) is 0 Å². The van der Waals surface area contributed by atoms with E-state index < -0.39 is 0 Å². The van der Waals surface area contributed by atoms with Crippen molar-refractivity contribution in [1.29, 1.82) is 0 Å². The molecule has 1 N–H and O–H groups in total. The lowest BCUT2D eigenvalue weighted by molar-refractivity contribution is 0.563. The van der Waals surface area contributed by atoms with Gasteiger partial charge in [0.1, 0.15) is 0 Å². The predicted molar refractivity (Wildman–Crippen MR) is 82.1 cm³/mol. The number of furan rings is 1. The van der Waals surface area contributed by atoms with Crippen LogP contribution in [0.2, 0.25) is 5.02 Å². The summed E-state index contributed by atoms with van der Waals surface area (Å²) >= 11 is 6.37. The Morgan fingerprint density at radius 3 is 2.85 bits per heavy atom. The van der Waals surface area contributed by atoms with Crippen molar-refractivity contribution in [3.05, 3.63) is 52.9 Å². The van der Waals surface area contributed by atoms with Crippen molar-refractivity contribution in [2.45, 2.75) is 32.0 Å². The van der Waals surface area contributed by atoms with Gasteiger partial charge in [-0.05, 0) is 36.6 Å². The molecule has 1 aromatic heterocycles. The predicted octanol–water partition coefficient (Wildman–Crippen LogP) is 3.82. The summed E-state index contributed by atoms with van der Waals surface area (Å²) in [7, 11) is 2.06. The number of nitrogens with one attached hydrogen (secondary N) is 1. The lowest BCUT2D eigenvalue weighted by atomic mass is 10.2. The zero-order valence-corrected chi connectivity index (χ0v) is 12.4. The molecule has 2 aromatic rings. The van der Waals surface area contributed by atoms with Gasteiger partial charge < -0.3 is 14.6 Å². The van der Waals surface area contributed by atoms with Crippen LogP contribution in [0.1, 0.15) is 24.0 Å². The number of anilines is 1. The molecule has 0 unspecified atom stereocenters. The van der Waals surface area contributed by atoms with Crippen LogP contribution in [-0.2, 0) is 13.1 Å². The molecular weight excluding hydrogens is 272 g/mol. The lowest BCUT2D eigenvalue weighted by Crippen LogP contribution is -2.17. The molecule has 3 nitrogen and oxygen atoms in total. The molecular formula is C16H19ClN2O. The van der Waals surface area contributed by atoms with Crippen LogP contribution in [0.5, 0.6) is 0 Å². The molecule has 1 heterocycles. The molecule has 3 rings (SSSR count). The Morgan fingerprint density at radius 2 is 2.20 bits per heavy atom. The first-order valence-corrected chi connectivity index (χ1v) is 7.34. The van der Waals surface area contributed by atoms with Crippen LogP contribution in [0.25, 0.3) is 0 Å². The lowest BCUT2D eigenvalue weighted by Gasteiger charge is -2.19. The van der Waals surface area contributed by atoms with Gasteiger partial charge in [-0.15, -0.1) is 0 Å². The van der Waals surface area contributed by atoms with Crippen LogP contribution in [-0.4, -0.2) is 13.1 Å². The fraction of sp³-hybridized carbons (Fsp3) is 0.375. The average molecular weight is 291 g/mol. The number of benzene rings is 1. The molecule has 0 aliphatic heterocycles. The van der Waals surface area contributed by atoms with E-state index in [-0.39, 0.29) is 0 Å². The molecule has 20 heavy (non-hydrogen) atoms. The molecule has 0 amide bonds. The van der Waals surface area contributed by atoms with E-state index in [2.05, 4.69) is 29.4 Å². The summed E-state index contributed by atoms with van der Waals surface area (Å²) in [6.45, 7) is 1.67. The summed E-state index contributed by atoms with van der Waals surface area (Å²) in [5.74, 6) is 0. The van der Waals surface area contributed by atoms with Gasteiger partial charge in [0.25, 0.3) is 0 Å². The minimum absolute atomic E-state index is 0.703. The Hall–Kier alpha value is -1.45. The molecule has 0 bridgehead atoms. The fourth-order valence-corrected chi connectivity index (χ4v) is 2.45. The van der Waals surface area contributed by atoms with Crippen molar-refractivity contribution in [2.24, 2.45) is 0 Å². The molecule has 1 aromatic carbocycles. The molecule has 4 heteroatoms. The number of nitrogens with zero attached hydrogens (tertiary/aromatic N) is 1. The average Bonchev–Trinajstić information content (AvgIpc) is 3.13. The van der Waals surface area contributed by atoms with Gasteiger partial charge in [-0.1, -0.05) is 17.7 Å². The first-order valence-electron chi connectivity index (χ1n) is 6.96. The second kappa shape index (κ2) is 5.90. The maximum absolute atomic E-state index is 6.37. The molecule has 106 valence electrons. The van der Waals surface area contributed by atoms with Gasteiger partial charge in [0.05, 0.1) is 12.5 Å². The van der Waals surface area contributed by atoms with E-state index in [1.165, 1.54) is 18.4 Å². The van der Waals surface area contributed by atoms with Crippen molar-refractivity contribution >= 4 is 17.3 Å². The van der Waals surface area contributed by atoms with Crippen LogP contribution in [0.3, 0.4) is 0 Å². The van der Waals surface area contributed by atoms with E-state index in [1.54, 1.807) is 12.5 Å². The van der Waals surface area contributed by atoms with Gasteiger partial charge in [0.2, 0.25) is 0 Å². The summed E-state index contributed by atoms with van der Waals surface area (Å²) in [5, 5.41) is 4.32. The molecule has 0 radical (unpaired) electrons. The normalized spacial score (nSPS) is 14.5. The van der Waals surface area contributed by atoms with Crippen LogP contribution in [0.4, 0.5) is 5.69 Å². The highest BCUT2D eigenvalue weighted by Crippen LogP contribution is 2.26. The molecule has 1 fully saturated rings. The summed E-state index contributed by atoms with van der Waals surface area (Å²) in [6, 6.07) is 8.95. The monoisotopic (exact) mass is 290 g/mol. The molecule has 1 aliphatic carbocycles. The highest BCUT2D eigenvalue weighted by Gasteiger charge is 2.20. The van der Waals surface area contributed by atoms with Crippen molar-refractivity contribution in [3.8, 4) is 0 Å². The van der Waals surface area contributed by atoms with Gasteiger partial charge in [0, 0.05) is 42.5 Å². The van der Waals surface area contributed by atoms with Crippen molar-refractivity contribution < 1.29 is 4.42 Å². The van der Waals surface area contributed by atoms with E-state index >= 15 is 0 Å². The number of hydrogen-bond donors (Lipinski definition) is 1. The largest absolute Gasteiger partial charge is 0.472 e. The molecule has 0 saturated heterocycles. The maximum atomic E-state index is 6.37. The third-order valence-electron chi connectivity index (χ3n) is 3.64. The van der Waals surface area contributed by atoms with E-state index in [0.29, 0.717) is 6.04 Å². The zero-order chi connectivity index (χ0) is 13.9. The minimum atomic E-state index is 0.703. The third-order valence-corrected chi connectivity index (χ3v) is 3.99. The second-order valence-corrected chi connectivity index (χ2v) is 5.83. The summed E-state index contributed by atoms with van der Waals surface area (Å²) in [6.07, 6.45) is 6.06. The summed E-state index contributed by atoms with van der Waals surface area (Å²) < 4.78 is 5.09. The zero-order valence-electron chi connectivity index (χ0n) is 11.6. The van der Waals surface area contributed by atoms with Crippen LogP contribution in [0.15, 0.2) is 41.2 Å². The molecule has 1 aliphatic rings. The Bertz CT molecular complexity index is 564. The minimum Gasteiger partial charge on any atom is -0.472 e. The highest BCUT2D eigenvalue weighted by molar-refractivity contribution is 6.31. The van der Waals surface area contributed by atoms with E-state index in [0.717, 1.165) is 29.4 Å². The Kier molecular flexibility index (Phi) is 3.99. The topological polar surface area (TPSA) is 28.4 Å². The van der Waals surface area contributed by atoms with Gasteiger partial charge >= 0.3 is 0 Å². The van der Waals surface area contributed by atoms with Crippen molar-refractivity contribution in [3.63, 3.8) is 0 Å². The Balaban J connectivity index is 1.65. The Labute approximate surface area is 124 Å². The SMILES string of the molecule is CN(Cc1ccoc1)c1ccc(CNC2CC2)c(Cl)c1. The van der Waals surface area contributed by atoms with E-state index in [4.69, 9.17) is 16.0 Å². The van der Waals surface area contributed by atoms with Crippen LogP contribution in [0, 0.1) is 0 Å².